The first kappa shape index (κ1) is 15.2. The lowest BCUT2D eigenvalue weighted by molar-refractivity contribution is 0.415. The molecule has 1 aromatic carbocycles. The second-order valence-corrected chi connectivity index (χ2v) is 6.96. The van der Waals surface area contributed by atoms with Crippen LogP contribution in [-0.4, -0.2) is 7.11 Å². The van der Waals surface area contributed by atoms with Crippen LogP contribution in [0, 0.1) is 0 Å². The third-order valence-corrected chi connectivity index (χ3v) is 6.03. The number of methoxy groups -OCH3 is 1. The van der Waals surface area contributed by atoms with Gasteiger partial charge in [-0.2, -0.15) is 0 Å². The average molecular weight is 380 g/mol. The lowest BCUT2D eigenvalue weighted by atomic mass is 10.1. The third kappa shape index (κ3) is 3.27. The molecule has 0 aliphatic heterocycles. The molecular weight excluding hydrogens is 367 g/mol. The predicted molar refractivity (Wildman–Crippen MR) is 87.5 cm³/mol. The van der Waals surface area contributed by atoms with Crippen LogP contribution in [0.4, 0.5) is 0 Å². The molecule has 5 heteroatoms. The molecule has 0 spiro atoms. The van der Waals surface area contributed by atoms with Crippen LogP contribution in [0.5, 0.6) is 5.75 Å². The fraction of sp³-hybridized carbons (Fsp3) is 0.286. The Labute approximate surface area is 135 Å². The summed E-state index contributed by atoms with van der Waals surface area (Å²) in [5.74, 6) is 0.593. The van der Waals surface area contributed by atoms with Crippen molar-refractivity contribution in [2.24, 2.45) is 0 Å². The largest absolute Gasteiger partial charge is 0.495 e. The molecule has 1 unspecified atom stereocenters. The van der Waals surface area contributed by atoms with Crippen LogP contribution in [0.3, 0.4) is 0 Å². The van der Waals surface area contributed by atoms with Gasteiger partial charge < -0.3 is 4.74 Å². The van der Waals surface area contributed by atoms with Crippen LogP contribution in [0.1, 0.15) is 27.1 Å². The smallest absolute Gasteiger partial charge is 0.138 e. The highest BCUT2D eigenvalue weighted by Gasteiger charge is 2.18. The summed E-state index contributed by atoms with van der Waals surface area (Å²) in [6.07, 6.45) is 1.04. The normalized spacial score (nSPS) is 12.5. The fourth-order valence-corrected chi connectivity index (χ4v) is 4.17. The number of hydrogen-bond donors (Lipinski definition) is 0. The Morgan fingerprint density at radius 3 is 2.58 bits per heavy atom. The topological polar surface area (TPSA) is 9.23 Å². The standard InChI is InChI=1S/C14H13BrCl2OS/c1-3-8-4-5-13(19-8)14(15)9-6-11(17)12(18-2)7-10(9)16/h4-7,14H,3H2,1-2H3. The summed E-state index contributed by atoms with van der Waals surface area (Å²) in [4.78, 5) is 2.63. The summed E-state index contributed by atoms with van der Waals surface area (Å²) >= 11 is 17.9. The lowest BCUT2D eigenvalue weighted by Gasteiger charge is -2.13. The first-order valence-corrected chi connectivity index (χ1v) is 8.31. The molecule has 1 aromatic heterocycles. The minimum absolute atomic E-state index is 0.0497. The van der Waals surface area contributed by atoms with Gasteiger partial charge in [-0.25, -0.2) is 0 Å². The predicted octanol–water partition coefficient (Wildman–Crippen LogP) is 6.11. The molecule has 0 bridgehead atoms. The Bertz CT molecular complexity index is 583. The molecule has 19 heavy (non-hydrogen) atoms. The van der Waals surface area contributed by atoms with Crippen molar-refractivity contribution < 1.29 is 4.74 Å². The van der Waals surface area contributed by atoms with E-state index in [1.165, 1.54) is 9.75 Å². The highest BCUT2D eigenvalue weighted by atomic mass is 79.9. The fourth-order valence-electron chi connectivity index (χ4n) is 1.77. The van der Waals surface area contributed by atoms with E-state index in [-0.39, 0.29) is 4.83 Å². The molecule has 0 saturated carbocycles. The molecule has 0 fully saturated rings. The highest BCUT2D eigenvalue weighted by Crippen LogP contribution is 2.42. The summed E-state index contributed by atoms with van der Waals surface area (Å²) in [7, 11) is 1.58. The van der Waals surface area contributed by atoms with Gasteiger partial charge in [0.05, 0.1) is 17.0 Å². The second-order valence-electron chi connectivity index (χ2n) is 4.03. The van der Waals surface area contributed by atoms with Gasteiger partial charge in [0.25, 0.3) is 0 Å². The second kappa shape index (κ2) is 6.49. The summed E-state index contributed by atoms with van der Waals surface area (Å²) < 4.78 is 5.16. The van der Waals surface area contributed by atoms with Crippen molar-refractivity contribution >= 4 is 50.5 Å². The molecule has 1 atom stereocenters. The first-order chi connectivity index (χ1) is 9.06. The number of halogens is 3. The van der Waals surface area contributed by atoms with Gasteiger partial charge in [0.15, 0.2) is 0 Å². The maximum absolute atomic E-state index is 6.30. The van der Waals surface area contributed by atoms with Crippen LogP contribution in [0.15, 0.2) is 24.3 Å². The lowest BCUT2D eigenvalue weighted by Crippen LogP contribution is -1.93. The third-order valence-electron chi connectivity index (χ3n) is 2.82. The Hall–Kier alpha value is -0.220. The Morgan fingerprint density at radius 1 is 1.26 bits per heavy atom. The van der Waals surface area contributed by atoms with Gasteiger partial charge in [-0.15, -0.1) is 11.3 Å². The van der Waals surface area contributed by atoms with Crippen LogP contribution >= 0.6 is 50.5 Å². The Balaban J connectivity index is 2.38. The minimum Gasteiger partial charge on any atom is -0.495 e. The van der Waals surface area contributed by atoms with E-state index in [9.17, 15) is 0 Å². The summed E-state index contributed by atoms with van der Waals surface area (Å²) in [6, 6.07) is 7.87. The van der Waals surface area contributed by atoms with Gasteiger partial charge in [-0.3, -0.25) is 0 Å². The number of alkyl halides is 1. The van der Waals surface area contributed by atoms with Gasteiger partial charge in [-0.1, -0.05) is 46.1 Å². The van der Waals surface area contributed by atoms with Crippen molar-refractivity contribution in [3.63, 3.8) is 0 Å². The molecule has 2 aromatic rings. The van der Waals surface area contributed by atoms with E-state index in [0.29, 0.717) is 15.8 Å². The summed E-state index contributed by atoms with van der Waals surface area (Å²) in [5, 5.41) is 1.22. The van der Waals surface area contributed by atoms with Crippen molar-refractivity contribution in [2.45, 2.75) is 18.2 Å². The summed E-state index contributed by atoms with van der Waals surface area (Å²) in [6.45, 7) is 2.15. The molecule has 1 heterocycles. The molecule has 0 saturated heterocycles. The van der Waals surface area contributed by atoms with E-state index in [0.717, 1.165) is 12.0 Å². The molecule has 0 aliphatic carbocycles. The van der Waals surface area contributed by atoms with Crippen molar-refractivity contribution in [3.05, 3.63) is 49.6 Å². The molecule has 0 aliphatic rings. The van der Waals surface area contributed by atoms with Gasteiger partial charge >= 0.3 is 0 Å². The van der Waals surface area contributed by atoms with E-state index in [1.807, 2.05) is 6.07 Å². The van der Waals surface area contributed by atoms with Crippen LogP contribution < -0.4 is 4.74 Å². The van der Waals surface area contributed by atoms with Crippen LogP contribution in [0.25, 0.3) is 0 Å². The van der Waals surface area contributed by atoms with Crippen molar-refractivity contribution in [1.82, 2.24) is 0 Å². The van der Waals surface area contributed by atoms with Crippen molar-refractivity contribution in [1.29, 1.82) is 0 Å². The van der Waals surface area contributed by atoms with Crippen LogP contribution in [-0.2, 0) is 6.42 Å². The number of ether oxygens (including phenoxy) is 1. The maximum atomic E-state index is 6.30. The number of aryl methyl sites for hydroxylation is 1. The first-order valence-electron chi connectivity index (χ1n) is 5.82. The molecule has 0 N–H and O–H groups in total. The monoisotopic (exact) mass is 378 g/mol. The van der Waals surface area contributed by atoms with E-state index in [2.05, 4.69) is 35.0 Å². The molecule has 102 valence electrons. The van der Waals surface area contributed by atoms with Gasteiger partial charge in [0.1, 0.15) is 5.75 Å². The van der Waals surface area contributed by atoms with E-state index < -0.39 is 0 Å². The van der Waals surface area contributed by atoms with Gasteiger partial charge in [-0.05, 0) is 30.2 Å². The molecule has 1 nitrogen and oxygen atoms in total. The number of thiophene rings is 1. The molecular formula is C14H13BrCl2OS. The molecule has 2 rings (SSSR count). The Kier molecular flexibility index (Phi) is 5.18. The highest BCUT2D eigenvalue weighted by molar-refractivity contribution is 9.09. The Morgan fingerprint density at radius 2 is 2.00 bits per heavy atom. The maximum Gasteiger partial charge on any atom is 0.138 e. The average Bonchev–Trinajstić information content (AvgIpc) is 2.89. The van der Waals surface area contributed by atoms with Crippen molar-refractivity contribution in [2.75, 3.05) is 7.11 Å². The number of rotatable bonds is 4. The van der Waals surface area contributed by atoms with Crippen LogP contribution in [0.2, 0.25) is 10.0 Å². The minimum atomic E-state index is 0.0497. The number of hydrogen-bond acceptors (Lipinski definition) is 2. The van der Waals surface area contributed by atoms with Crippen molar-refractivity contribution in [3.8, 4) is 5.75 Å². The zero-order valence-corrected chi connectivity index (χ0v) is 14.5. The quantitative estimate of drug-likeness (QED) is 0.582. The molecule has 0 radical (unpaired) electrons. The van der Waals surface area contributed by atoms with E-state index in [4.69, 9.17) is 27.9 Å². The van der Waals surface area contributed by atoms with Gasteiger partial charge in [0, 0.05) is 20.8 Å². The zero-order chi connectivity index (χ0) is 14.0. The SMILES string of the molecule is CCc1ccc(C(Br)c2cc(Cl)c(OC)cc2Cl)s1. The van der Waals surface area contributed by atoms with E-state index in [1.54, 1.807) is 24.5 Å². The number of benzene rings is 1. The van der Waals surface area contributed by atoms with Gasteiger partial charge in [0.2, 0.25) is 0 Å². The van der Waals surface area contributed by atoms with E-state index >= 15 is 0 Å². The molecule has 0 amide bonds. The zero-order valence-electron chi connectivity index (χ0n) is 10.5. The summed E-state index contributed by atoms with van der Waals surface area (Å²) in [5.41, 5.74) is 0.956.